The van der Waals surface area contributed by atoms with Gasteiger partial charge in [0.1, 0.15) is 0 Å². The van der Waals surface area contributed by atoms with E-state index in [1.807, 2.05) is 0 Å². The number of benzene rings is 2. The molecule has 1 amide bonds. The Morgan fingerprint density at radius 1 is 1.09 bits per heavy atom. The van der Waals surface area contributed by atoms with Gasteiger partial charge in [0.25, 0.3) is 5.91 Å². The number of fused-ring (bicyclic) bond motifs is 1. The second-order valence-corrected chi connectivity index (χ2v) is 11.7. The SMILES string of the molecule is CCc1ccc2nc(N3CCN(CCNC(=O)c4ccc(S(=O)(=O)N(C)C)cc4)CC3)sc2c1. The van der Waals surface area contributed by atoms with Crippen molar-refractivity contribution in [2.24, 2.45) is 0 Å². The molecule has 0 aliphatic carbocycles. The van der Waals surface area contributed by atoms with Crippen molar-refractivity contribution in [2.45, 2.75) is 18.2 Å². The molecule has 1 aliphatic rings. The zero-order valence-corrected chi connectivity index (χ0v) is 21.5. The van der Waals surface area contributed by atoms with E-state index in [0.29, 0.717) is 12.1 Å². The fourth-order valence-electron chi connectivity index (χ4n) is 3.89. The molecule has 4 rings (SSSR count). The maximum absolute atomic E-state index is 12.4. The van der Waals surface area contributed by atoms with Crippen molar-refractivity contribution in [1.29, 1.82) is 0 Å². The molecule has 3 aromatic rings. The standard InChI is InChI=1S/C24H31N5O3S2/c1-4-18-5-10-21-22(17-18)33-24(26-21)29-15-13-28(14-16-29)12-11-25-23(30)19-6-8-20(9-7-19)34(31,32)27(2)3/h5-10,17H,4,11-16H2,1-3H3,(H,25,30). The highest BCUT2D eigenvalue weighted by Crippen LogP contribution is 2.30. The van der Waals surface area contributed by atoms with Crippen LogP contribution >= 0.6 is 11.3 Å². The van der Waals surface area contributed by atoms with Crippen LogP contribution in [0.3, 0.4) is 0 Å². The summed E-state index contributed by atoms with van der Waals surface area (Å²) in [6, 6.07) is 12.5. The number of rotatable bonds is 8. The van der Waals surface area contributed by atoms with E-state index in [0.717, 1.165) is 54.1 Å². The van der Waals surface area contributed by atoms with E-state index in [-0.39, 0.29) is 10.8 Å². The van der Waals surface area contributed by atoms with Gasteiger partial charge in [0.05, 0.1) is 15.1 Å². The Morgan fingerprint density at radius 2 is 1.79 bits per heavy atom. The van der Waals surface area contributed by atoms with Crippen LogP contribution in [0.1, 0.15) is 22.8 Å². The third kappa shape index (κ3) is 5.41. The number of nitrogens with zero attached hydrogens (tertiary/aromatic N) is 4. The highest BCUT2D eigenvalue weighted by Gasteiger charge is 2.20. The molecule has 182 valence electrons. The van der Waals surface area contributed by atoms with Crippen LogP contribution in [0.25, 0.3) is 10.2 Å². The minimum Gasteiger partial charge on any atom is -0.351 e. The molecule has 1 N–H and O–H groups in total. The largest absolute Gasteiger partial charge is 0.351 e. The first-order valence-electron chi connectivity index (χ1n) is 11.5. The molecule has 0 spiro atoms. The van der Waals surface area contributed by atoms with Gasteiger partial charge >= 0.3 is 0 Å². The van der Waals surface area contributed by atoms with Crippen LogP contribution in [0.15, 0.2) is 47.4 Å². The first kappa shape index (κ1) is 24.6. The van der Waals surface area contributed by atoms with Crippen molar-refractivity contribution in [3.63, 3.8) is 0 Å². The summed E-state index contributed by atoms with van der Waals surface area (Å²) >= 11 is 1.76. The van der Waals surface area contributed by atoms with E-state index >= 15 is 0 Å². The number of carbonyl (C=O) groups is 1. The number of sulfonamides is 1. The van der Waals surface area contributed by atoms with E-state index in [1.165, 1.54) is 36.5 Å². The molecule has 1 fully saturated rings. The van der Waals surface area contributed by atoms with E-state index < -0.39 is 10.0 Å². The number of aromatic nitrogens is 1. The van der Waals surface area contributed by atoms with Gasteiger partial charge in [-0.15, -0.1) is 0 Å². The van der Waals surface area contributed by atoms with Gasteiger partial charge in [0.2, 0.25) is 10.0 Å². The Balaban J connectivity index is 1.24. The molecule has 0 radical (unpaired) electrons. The van der Waals surface area contributed by atoms with Crippen LogP contribution in [0, 0.1) is 0 Å². The molecular weight excluding hydrogens is 470 g/mol. The highest BCUT2D eigenvalue weighted by atomic mass is 32.2. The van der Waals surface area contributed by atoms with Crippen LogP contribution in [0.4, 0.5) is 5.13 Å². The van der Waals surface area contributed by atoms with E-state index in [1.54, 1.807) is 23.5 Å². The summed E-state index contributed by atoms with van der Waals surface area (Å²) in [6.07, 6.45) is 1.03. The van der Waals surface area contributed by atoms with Crippen molar-refractivity contribution in [2.75, 3.05) is 58.3 Å². The summed E-state index contributed by atoms with van der Waals surface area (Å²) in [6.45, 7) is 7.14. The highest BCUT2D eigenvalue weighted by molar-refractivity contribution is 7.89. The smallest absolute Gasteiger partial charge is 0.251 e. The van der Waals surface area contributed by atoms with E-state index in [4.69, 9.17) is 4.98 Å². The number of hydrogen-bond acceptors (Lipinski definition) is 7. The summed E-state index contributed by atoms with van der Waals surface area (Å²) in [4.78, 5) is 22.1. The zero-order chi connectivity index (χ0) is 24.3. The van der Waals surface area contributed by atoms with Crippen molar-refractivity contribution in [1.82, 2.24) is 19.5 Å². The lowest BCUT2D eigenvalue weighted by Gasteiger charge is -2.34. The Kier molecular flexibility index (Phi) is 7.51. The molecule has 10 heteroatoms. The van der Waals surface area contributed by atoms with Gasteiger partial charge in [-0.05, 0) is 48.4 Å². The van der Waals surface area contributed by atoms with Crippen LogP contribution < -0.4 is 10.2 Å². The first-order valence-corrected chi connectivity index (χ1v) is 13.7. The summed E-state index contributed by atoms with van der Waals surface area (Å²) in [5.74, 6) is -0.201. The average Bonchev–Trinajstić information content (AvgIpc) is 3.27. The molecule has 1 saturated heterocycles. The van der Waals surface area contributed by atoms with Crippen molar-refractivity contribution < 1.29 is 13.2 Å². The van der Waals surface area contributed by atoms with Gasteiger partial charge in [-0.25, -0.2) is 17.7 Å². The maximum atomic E-state index is 12.4. The summed E-state index contributed by atoms with van der Waals surface area (Å²) in [7, 11) is -0.534. The predicted octanol–water partition coefficient (Wildman–Crippen LogP) is 2.66. The monoisotopic (exact) mass is 501 g/mol. The Hall–Kier alpha value is -2.53. The van der Waals surface area contributed by atoms with Crippen molar-refractivity contribution in [3.05, 3.63) is 53.6 Å². The molecule has 0 atom stereocenters. The van der Waals surface area contributed by atoms with Crippen LogP contribution in [-0.2, 0) is 16.4 Å². The van der Waals surface area contributed by atoms with Crippen molar-refractivity contribution >= 4 is 42.6 Å². The van der Waals surface area contributed by atoms with Crippen LogP contribution in [0.5, 0.6) is 0 Å². The van der Waals surface area contributed by atoms with E-state index in [2.05, 4.69) is 40.2 Å². The number of nitrogens with one attached hydrogen (secondary N) is 1. The normalized spacial score (nSPS) is 15.2. The second kappa shape index (κ2) is 10.4. The lowest BCUT2D eigenvalue weighted by atomic mass is 10.2. The Morgan fingerprint density at radius 3 is 2.44 bits per heavy atom. The number of thiazole rings is 1. The molecular formula is C24H31N5O3S2. The number of carbonyl (C=O) groups excluding carboxylic acids is 1. The fourth-order valence-corrected chi connectivity index (χ4v) is 5.88. The molecule has 2 aromatic carbocycles. The average molecular weight is 502 g/mol. The second-order valence-electron chi connectivity index (χ2n) is 8.55. The van der Waals surface area contributed by atoms with Gasteiger partial charge in [-0.1, -0.05) is 24.3 Å². The molecule has 1 aliphatic heterocycles. The fraction of sp³-hybridized carbons (Fsp3) is 0.417. The molecule has 0 unspecified atom stereocenters. The van der Waals surface area contributed by atoms with Crippen LogP contribution in [-0.4, -0.2) is 81.9 Å². The minimum atomic E-state index is -3.50. The molecule has 1 aromatic heterocycles. The van der Waals surface area contributed by atoms with Crippen LogP contribution in [0.2, 0.25) is 0 Å². The topological polar surface area (TPSA) is 85.9 Å². The third-order valence-corrected chi connectivity index (χ3v) is 9.01. The van der Waals surface area contributed by atoms with Gasteiger partial charge in [0.15, 0.2) is 5.13 Å². The predicted molar refractivity (Wildman–Crippen MR) is 137 cm³/mol. The van der Waals surface area contributed by atoms with Gasteiger partial charge in [-0.2, -0.15) is 0 Å². The van der Waals surface area contributed by atoms with Gasteiger partial charge in [-0.3, -0.25) is 9.69 Å². The Labute approximate surface area is 205 Å². The molecule has 34 heavy (non-hydrogen) atoms. The summed E-state index contributed by atoms with van der Waals surface area (Å²) < 4.78 is 26.7. The zero-order valence-electron chi connectivity index (χ0n) is 19.8. The quantitative estimate of drug-likeness (QED) is 0.511. The number of anilines is 1. The number of amides is 1. The maximum Gasteiger partial charge on any atom is 0.251 e. The number of piperazine rings is 1. The molecule has 8 nitrogen and oxygen atoms in total. The number of aryl methyl sites for hydroxylation is 1. The number of hydrogen-bond donors (Lipinski definition) is 1. The van der Waals surface area contributed by atoms with Gasteiger partial charge in [0, 0.05) is 58.9 Å². The van der Waals surface area contributed by atoms with Crippen molar-refractivity contribution in [3.8, 4) is 0 Å². The molecule has 0 bridgehead atoms. The van der Waals surface area contributed by atoms with E-state index in [9.17, 15) is 13.2 Å². The summed E-state index contributed by atoms with van der Waals surface area (Å²) in [5.41, 5.74) is 2.85. The molecule has 0 saturated carbocycles. The van der Waals surface area contributed by atoms with Gasteiger partial charge < -0.3 is 10.2 Å². The third-order valence-electron chi connectivity index (χ3n) is 6.10. The lowest BCUT2D eigenvalue weighted by Crippen LogP contribution is -2.48. The summed E-state index contributed by atoms with van der Waals surface area (Å²) in [5, 5.41) is 4.01. The molecule has 2 heterocycles. The lowest BCUT2D eigenvalue weighted by molar-refractivity contribution is 0.0947. The first-order chi connectivity index (χ1) is 16.3. The minimum absolute atomic E-state index is 0.172. The Bertz CT molecular complexity index is 1250.